The predicted octanol–water partition coefficient (Wildman–Crippen LogP) is 1.08. The molecule has 1 aromatic carbocycles. The van der Waals surface area contributed by atoms with Gasteiger partial charge in [-0.3, -0.25) is 0 Å². The molecule has 0 aliphatic carbocycles. The maximum atomic E-state index is 11.7. The molecule has 1 aromatic rings. The molecule has 0 spiro atoms. The lowest BCUT2D eigenvalue weighted by atomic mass is 10.3. The molecule has 1 aliphatic rings. The number of ether oxygens (including phenoxy) is 3. The van der Waals surface area contributed by atoms with Gasteiger partial charge >= 0.3 is 0 Å². The van der Waals surface area contributed by atoms with Crippen molar-refractivity contribution in [3.63, 3.8) is 0 Å². The van der Waals surface area contributed by atoms with Gasteiger partial charge < -0.3 is 14.2 Å². The fraction of sp³-hybridized carbons (Fsp3) is 0.538. The van der Waals surface area contributed by atoms with Crippen LogP contribution in [0.2, 0.25) is 0 Å². The highest BCUT2D eigenvalue weighted by Gasteiger charge is 2.25. The Labute approximate surface area is 119 Å². The Hall–Kier alpha value is -1.31. The molecule has 20 heavy (non-hydrogen) atoms. The third-order valence-corrected chi connectivity index (χ3v) is 4.59. The van der Waals surface area contributed by atoms with Gasteiger partial charge in [-0.15, -0.1) is 0 Å². The zero-order valence-electron chi connectivity index (χ0n) is 11.4. The second kappa shape index (κ2) is 6.92. The van der Waals surface area contributed by atoms with Crippen LogP contribution in [0.3, 0.4) is 0 Å². The van der Waals surface area contributed by atoms with Crippen molar-refractivity contribution in [2.75, 3.05) is 39.4 Å². The van der Waals surface area contributed by atoms with E-state index in [1.807, 2.05) is 18.2 Å². The summed E-state index contributed by atoms with van der Waals surface area (Å²) in [5, 5.41) is 0. The Morgan fingerprint density at radius 1 is 1.35 bits per heavy atom. The van der Waals surface area contributed by atoms with Gasteiger partial charge in [-0.1, -0.05) is 6.07 Å². The predicted molar refractivity (Wildman–Crippen MR) is 74.4 cm³/mol. The highest BCUT2D eigenvalue weighted by atomic mass is 32.2. The van der Waals surface area contributed by atoms with Crippen molar-refractivity contribution in [2.45, 2.75) is 6.42 Å². The maximum absolute atomic E-state index is 11.7. The van der Waals surface area contributed by atoms with Crippen LogP contribution in [-0.2, 0) is 14.8 Å². The van der Waals surface area contributed by atoms with Gasteiger partial charge in [-0.05, 0) is 18.6 Å². The summed E-state index contributed by atoms with van der Waals surface area (Å²) >= 11 is 0. The number of hydrogen-bond donors (Lipinski definition) is 0. The van der Waals surface area contributed by atoms with Gasteiger partial charge in [-0.2, -0.15) is 4.31 Å². The maximum Gasteiger partial charge on any atom is 0.238 e. The number of methoxy groups -OCH3 is 1. The smallest absolute Gasteiger partial charge is 0.238 e. The van der Waals surface area contributed by atoms with Crippen LogP contribution in [-0.4, -0.2) is 52.1 Å². The SMILES string of the molecule is COc1cccc(OCCCN2CCOCS2(=O)=O)c1. The molecule has 1 heterocycles. The molecule has 6 nitrogen and oxygen atoms in total. The first-order chi connectivity index (χ1) is 9.62. The van der Waals surface area contributed by atoms with E-state index in [9.17, 15) is 8.42 Å². The van der Waals surface area contributed by atoms with Gasteiger partial charge in [0, 0.05) is 19.2 Å². The van der Waals surface area contributed by atoms with Gasteiger partial charge in [0.25, 0.3) is 0 Å². The van der Waals surface area contributed by atoms with E-state index in [0.29, 0.717) is 38.5 Å². The topological polar surface area (TPSA) is 65.1 Å². The van der Waals surface area contributed by atoms with E-state index in [-0.39, 0.29) is 5.94 Å². The second-order valence-electron chi connectivity index (χ2n) is 4.42. The normalized spacial score (nSPS) is 18.6. The van der Waals surface area contributed by atoms with Crippen LogP contribution in [0.4, 0.5) is 0 Å². The fourth-order valence-electron chi connectivity index (χ4n) is 1.92. The van der Waals surface area contributed by atoms with Gasteiger partial charge in [0.1, 0.15) is 11.5 Å². The summed E-state index contributed by atoms with van der Waals surface area (Å²) in [5.74, 6) is 1.23. The average Bonchev–Trinajstić information content (AvgIpc) is 2.45. The van der Waals surface area contributed by atoms with Crippen molar-refractivity contribution >= 4 is 10.0 Å². The third kappa shape index (κ3) is 4.09. The van der Waals surface area contributed by atoms with E-state index >= 15 is 0 Å². The zero-order valence-corrected chi connectivity index (χ0v) is 12.3. The van der Waals surface area contributed by atoms with Crippen molar-refractivity contribution < 1.29 is 22.6 Å². The van der Waals surface area contributed by atoms with Crippen molar-refractivity contribution in [2.24, 2.45) is 0 Å². The fourth-order valence-corrected chi connectivity index (χ4v) is 3.15. The lowest BCUT2D eigenvalue weighted by Crippen LogP contribution is -2.42. The molecule has 0 saturated carbocycles. The Balaban J connectivity index is 1.76. The number of benzene rings is 1. The van der Waals surface area contributed by atoms with Crippen LogP contribution in [0.5, 0.6) is 11.5 Å². The molecular weight excluding hydrogens is 282 g/mol. The summed E-state index contributed by atoms with van der Waals surface area (Å²) in [5.41, 5.74) is 0. The summed E-state index contributed by atoms with van der Waals surface area (Å²) in [4.78, 5) is 0. The van der Waals surface area contributed by atoms with Gasteiger partial charge in [-0.25, -0.2) is 8.42 Å². The third-order valence-electron chi connectivity index (χ3n) is 2.97. The molecule has 0 atom stereocenters. The van der Waals surface area contributed by atoms with E-state index in [1.165, 1.54) is 4.31 Å². The number of rotatable bonds is 6. The molecule has 0 amide bonds. The van der Waals surface area contributed by atoms with Crippen LogP contribution < -0.4 is 9.47 Å². The molecule has 2 rings (SSSR count). The molecule has 7 heteroatoms. The summed E-state index contributed by atoms with van der Waals surface area (Å²) in [6.45, 7) is 1.78. The van der Waals surface area contributed by atoms with Crippen molar-refractivity contribution in [1.82, 2.24) is 4.31 Å². The molecular formula is C13H19NO5S. The largest absolute Gasteiger partial charge is 0.497 e. The lowest BCUT2D eigenvalue weighted by Gasteiger charge is -2.26. The summed E-state index contributed by atoms with van der Waals surface area (Å²) in [6, 6.07) is 7.33. The molecule has 1 saturated heterocycles. The Kier molecular flexibility index (Phi) is 5.22. The highest BCUT2D eigenvalue weighted by molar-refractivity contribution is 7.88. The van der Waals surface area contributed by atoms with E-state index in [4.69, 9.17) is 14.2 Å². The van der Waals surface area contributed by atoms with Crippen LogP contribution in [0.25, 0.3) is 0 Å². The van der Waals surface area contributed by atoms with Crippen LogP contribution in [0.15, 0.2) is 24.3 Å². The molecule has 1 fully saturated rings. The first-order valence-corrected chi connectivity index (χ1v) is 8.05. The van der Waals surface area contributed by atoms with Crippen molar-refractivity contribution in [1.29, 1.82) is 0 Å². The molecule has 0 radical (unpaired) electrons. The molecule has 112 valence electrons. The first kappa shape index (κ1) is 15.1. The van der Waals surface area contributed by atoms with E-state index in [0.717, 1.165) is 5.75 Å². The van der Waals surface area contributed by atoms with Gasteiger partial charge in [0.15, 0.2) is 5.94 Å². The van der Waals surface area contributed by atoms with Crippen molar-refractivity contribution in [3.05, 3.63) is 24.3 Å². The Morgan fingerprint density at radius 2 is 2.15 bits per heavy atom. The molecule has 1 aliphatic heterocycles. The summed E-state index contributed by atoms with van der Waals surface area (Å²) in [7, 11) is -1.64. The second-order valence-corrected chi connectivity index (χ2v) is 6.33. The Morgan fingerprint density at radius 3 is 2.90 bits per heavy atom. The molecule has 0 unspecified atom stereocenters. The zero-order chi connectivity index (χ0) is 14.4. The first-order valence-electron chi connectivity index (χ1n) is 6.44. The van der Waals surface area contributed by atoms with Crippen LogP contribution in [0, 0.1) is 0 Å². The summed E-state index contributed by atoms with van der Waals surface area (Å²) < 4.78 is 40.4. The highest BCUT2D eigenvalue weighted by Crippen LogP contribution is 2.19. The van der Waals surface area contributed by atoms with Gasteiger partial charge in [0.2, 0.25) is 10.0 Å². The Bertz CT molecular complexity index is 531. The molecule has 0 aromatic heterocycles. The molecule has 0 N–H and O–H groups in total. The molecule has 0 bridgehead atoms. The minimum atomic E-state index is -3.24. The number of hydrogen-bond acceptors (Lipinski definition) is 5. The van der Waals surface area contributed by atoms with Crippen LogP contribution in [0.1, 0.15) is 6.42 Å². The minimum Gasteiger partial charge on any atom is -0.497 e. The van der Waals surface area contributed by atoms with Crippen molar-refractivity contribution in [3.8, 4) is 11.5 Å². The lowest BCUT2D eigenvalue weighted by molar-refractivity contribution is 0.130. The standard InChI is InChI=1S/C13H19NO5S/c1-17-12-4-2-5-13(10-12)19-8-3-6-14-7-9-18-11-20(14,15)16/h2,4-5,10H,3,6-9,11H2,1H3. The average molecular weight is 301 g/mol. The van der Waals surface area contributed by atoms with E-state index in [2.05, 4.69) is 0 Å². The number of nitrogens with zero attached hydrogens (tertiary/aromatic N) is 1. The minimum absolute atomic E-state index is 0.219. The van der Waals surface area contributed by atoms with E-state index < -0.39 is 10.0 Å². The van der Waals surface area contributed by atoms with Crippen LogP contribution >= 0.6 is 0 Å². The monoisotopic (exact) mass is 301 g/mol. The van der Waals surface area contributed by atoms with E-state index in [1.54, 1.807) is 13.2 Å². The quantitative estimate of drug-likeness (QED) is 0.736. The number of sulfonamides is 1. The van der Waals surface area contributed by atoms with Gasteiger partial charge in [0.05, 0.1) is 20.3 Å². The summed E-state index contributed by atoms with van der Waals surface area (Å²) in [6.07, 6.45) is 0.635.